The maximum atomic E-state index is 8.94. The molecule has 1 aromatic carbocycles. The van der Waals surface area contributed by atoms with Gasteiger partial charge >= 0.3 is 0 Å². The number of nitrogens with two attached hydrogens (primary N) is 2. The van der Waals surface area contributed by atoms with Gasteiger partial charge in [-0.15, -0.1) is 0 Å². The molecule has 0 saturated heterocycles. The van der Waals surface area contributed by atoms with Crippen LogP contribution in [-0.4, -0.2) is 27.1 Å². The van der Waals surface area contributed by atoms with E-state index < -0.39 is 0 Å². The number of amidine groups is 1. The molecule has 1 aromatic heterocycles. The standard InChI is InChI=1S/C19H27N7O/c1-11-6-8-13(9-7-11)10-22-15-16(20)24-19(17(21)26-27)25-18(15)23-12(2)14-4-3-5-14/h6-9,12,14,22,27H,3-5,10H2,1-2H3,(H2,21,26)(H3,20,23,24,25)/t12-/m1/s1. The van der Waals surface area contributed by atoms with E-state index in [0.717, 1.165) is 5.56 Å². The summed E-state index contributed by atoms with van der Waals surface area (Å²) in [6.45, 7) is 4.77. The molecule has 7 N–H and O–H groups in total. The first-order valence-corrected chi connectivity index (χ1v) is 9.19. The zero-order valence-corrected chi connectivity index (χ0v) is 15.7. The van der Waals surface area contributed by atoms with E-state index in [1.807, 2.05) is 0 Å². The number of aromatic nitrogens is 2. The molecule has 3 rings (SSSR count). The van der Waals surface area contributed by atoms with Crippen molar-refractivity contribution >= 4 is 23.2 Å². The molecule has 1 aliphatic rings. The van der Waals surface area contributed by atoms with Crippen LogP contribution in [0.3, 0.4) is 0 Å². The van der Waals surface area contributed by atoms with Crippen LogP contribution in [0.15, 0.2) is 29.4 Å². The van der Waals surface area contributed by atoms with Crippen LogP contribution in [0.25, 0.3) is 0 Å². The number of nitrogen functional groups attached to an aromatic ring is 1. The molecule has 2 aromatic rings. The van der Waals surface area contributed by atoms with Crippen molar-refractivity contribution in [2.45, 2.75) is 45.7 Å². The van der Waals surface area contributed by atoms with E-state index in [9.17, 15) is 0 Å². The van der Waals surface area contributed by atoms with E-state index in [0.29, 0.717) is 24.0 Å². The van der Waals surface area contributed by atoms with Crippen molar-refractivity contribution in [1.82, 2.24) is 9.97 Å². The van der Waals surface area contributed by atoms with Crippen LogP contribution >= 0.6 is 0 Å². The van der Waals surface area contributed by atoms with Gasteiger partial charge in [-0.05, 0) is 38.2 Å². The molecular formula is C19H27N7O. The van der Waals surface area contributed by atoms with Crippen molar-refractivity contribution < 1.29 is 5.21 Å². The average Bonchev–Trinajstić information content (AvgIpc) is 2.60. The topological polar surface area (TPSA) is 134 Å². The fraction of sp³-hybridized carbons (Fsp3) is 0.421. The van der Waals surface area contributed by atoms with Gasteiger partial charge in [0.1, 0.15) is 5.69 Å². The summed E-state index contributed by atoms with van der Waals surface area (Å²) in [5.74, 6) is 1.35. The monoisotopic (exact) mass is 369 g/mol. The number of nitrogens with one attached hydrogen (secondary N) is 2. The lowest BCUT2D eigenvalue weighted by molar-refractivity contribution is 0.285. The maximum Gasteiger partial charge on any atom is 0.208 e. The third kappa shape index (κ3) is 4.39. The molecule has 144 valence electrons. The van der Waals surface area contributed by atoms with Gasteiger partial charge in [-0.1, -0.05) is 41.4 Å². The van der Waals surface area contributed by atoms with E-state index in [2.05, 4.69) is 63.9 Å². The van der Waals surface area contributed by atoms with Crippen LogP contribution in [0.2, 0.25) is 0 Å². The Morgan fingerprint density at radius 3 is 2.59 bits per heavy atom. The summed E-state index contributed by atoms with van der Waals surface area (Å²) in [5.41, 5.74) is 14.8. The van der Waals surface area contributed by atoms with Crippen LogP contribution in [-0.2, 0) is 6.54 Å². The Balaban J connectivity index is 1.85. The highest BCUT2D eigenvalue weighted by atomic mass is 16.4. The van der Waals surface area contributed by atoms with Gasteiger partial charge in [-0.2, -0.15) is 0 Å². The molecule has 0 radical (unpaired) electrons. The van der Waals surface area contributed by atoms with Gasteiger partial charge in [-0.25, -0.2) is 9.97 Å². The molecule has 8 nitrogen and oxygen atoms in total. The highest BCUT2D eigenvalue weighted by Crippen LogP contribution is 2.33. The number of hydrogen-bond donors (Lipinski definition) is 5. The van der Waals surface area contributed by atoms with Gasteiger partial charge in [0.05, 0.1) is 0 Å². The minimum absolute atomic E-state index is 0.0965. The third-order valence-electron chi connectivity index (χ3n) is 5.09. The van der Waals surface area contributed by atoms with Crippen molar-refractivity contribution in [3.05, 3.63) is 41.2 Å². The fourth-order valence-electron chi connectivity index (χ4n) is 3.09. The Morgan fingerprint density at radius 2 is 2.00 bits per heavy atom. The summed E-state index contributed by atoms with van der Waals surface area (Å²) >= 11 is 0. The molecule has 1 aliphatic carbocycles. The normalized spacial score (nSPS) is 15.9. The number of nitrogens with zero attached hydrogens (tertiary/aromatic N) is 3. The summed E-state index contributed by atoms with van der Waals surface area (Å²) < 4.78 is 0. The van der Waals surface area contributed by atoms with Gasteiger partial charge in [0.25, 0.3) is 0 Å². The lowest BCUT2D eigenvalue weighted by Gasteiger charge is -2.32. The lowest BCUT2D eigenvalue weighted by atomic mass is 9.80. The lowest BCUT2D eigenvalue weighted by Crippen LogP contribution is -2.32. The zero-order chi connectivity index (χ0) is 19.4. The number of hydrogen-bond acceptors (Lipinski definition) is 7. The number of benzene rings is 1. The van der Waals surface area contributed by atoms with E-state index in [1.165, 1.54) is 24.8 Å². The zero-order valence-electron chi connectivity index (χ0n) is 15.7. The molecule has 0 unspecified atom stereocenters. The molecule has 1 atom stereocenters. The highest BCUT2D eigenvalue weighted by molar-refractivity contribution is 5.95. The molecule has 27 heavy (non-hydrogen) atoms. The second-order valence-electron chi connectivity index (χ2n) is 7.10. The second kappa shape index (κ2) is 8.11. The Kier molecular flexibility index (Phi) is 5.63. The maximum absolute atomic E-state index is 8.94. The molecule has 1 fully saturated rings. The minimum Gasteiger partial charge on any atom is -0.409 e. The minimum atomic E-state index is -0.175. The van der Waals surface area contributed by atoms with Crippen molar-refractivity contribution in [2.24, 2.45) is 16.8 Å². The first-order chi connectivity index (χ1) is 13.0. The van der Waals surface area contributed by atoms with Crippen molar-refractivity contribution in [2.75, 3.05) is 16.4 Å². The fourth-order valence-corrected chi connectivity index (χ4v) is 3.09. The number of rotatable bonds is 7. The molecule has 0 spiro atoms. The molecule has 1 saturated carbocycles. The van der Waals surface area contributed by atoms with Gasteiger partial charge in [0.15, 0.2) is 11.6 Å². The predicted molar refractivity (Wildman–Crippen MR) is 108 cm³/mol. The third-order valence-corrected chi connectivity index (χ3v) is 5.09. The molecule has 1 heterocycles. The molecule has 8 heteroatoms. The van der Waals surface area contributed by atoms with Crippen molar-refractivity contribution in [3.8, 4) is 0 Å². The van der Waals surface area contributed by atoms with Crippen LogP contribution in [0, 0.1) is 12.8 Å². The Morgan fingerprint density at radius 1 is 1.30 bits per heavy atom. The first-order valence-electron chi connectivity index (χ1n) is 9.19. The second-order valence-corrected chi connectivity index (χ2v) is 7.10. The van der Waals surface area contributed by atoms with Crippen LogP contribution in [0.5, 0.6) is 0 Å². The smallest absolute Gasteiger partial charge is 0.208 e. The molecule has 0 aliphatic heterocycles. The van der Waals surface area contributed by atoms with Gasteiger partial charge in [-0.3, -0.25) is 0 Å². The Hall–Kier alpha value is -3.03. The van der Waals surface area contributed by atoms with E-state index >= 15 is 0 Å². The molecule has 0 amide bonds. The van der Waals surface area contributed by atoms with E-state index in [-0.39, 0.29) is 23.5 Å². The SMILES string of the molecule is Cc1ccc(CNc2c(N)nc(/C(N)=N/O)nc2N[C@H](C)C2CCC2)cc1. The number of anilines is 3. The van der Waals surface area contributed by atoms with Crippen molar-refractivity contribution in [3.63, 3.8) is 0 Å². The van der Waals surface area contributed by atoms with E-state index in [1.54, 1.807) is 0 Å². The highest BCUT2D eigenvalue weighted by Gasteiger charge is 2.25. The van der Waals surface area contributed by atoms with Gasteiger partial charge < -0.3 is 27.3 Å². The van der Waals surface area contributed by atoms with Gasteiger partial charge in [0, 0.05) is 12.6 Å². The first kappa shape index (κ1) is 18.8. The Bertz CT molecular complexity index is 816. The van der Waals surface area contributed by atoms with Crippen LogP contribution in [0.1, 0.15) is 43.1 Å². The average molecular weight is 369 g/mol. The predicted octanol–water partition coefficient (Wildman–Crippen LogP) is 2.67. The largest absolute Gasteiger partial charge is 0.409 e. The van der Waals surface area contributed by atoms with E-state index in [4.69, 9.17) is 16.7 Å². The molecular weight excluding hydrogens is 342 g/mol. The van der Waals surface area contributed by atoms with Crippen molar-refractivity contribution in [1.29, 1.82) is 0 Å². The summed E-state index contributed by atoms with van der Waals surface area (Å²) in [7, 11) is 0. The quantitative estimate of drug-likeness (QED) is 0.219. The summed E-state index contributed by atoms with van der Waals surface area (Å²) in [6.07, 6.45) is 3.67. The summed E-state index contributed by atoms with van der Waals surface area (Å²) in [6, 6.07) is 8.50. The number of oxime groups is 1. The van der Waals surface area contributed by atoms with Gasteiger partial charge in [0.2, 0.25) is 11.7 Å². The Labute approximate surface area is 159 Å². The van der Waals surface area contributed by atoms with Crippen LogP contribution < -0.4 is 22.1 Å². The summed E-state index contributed by atoms with van der Waals surface area (Å²) in [4.78, 5) is 8.60. The number of aryl methyl sites for hydroxylation is 1. The van der Waals surface area contributed by atoms with Crippen LogP contribution in [0.4, 0.5) is 17.3 Å². The molecule has 0 bridgehead atoms. The summed E-state index contributed by atoms with van der Waals surface area (Å²) in [5, 5.41) is 18.7.